The van der Waals surface area contributed by atoms with Crippen LogP contribution in [0.5, 0.6) is 11.5 Å². The zero-order valence-electron chi connectivity index (χ0n) is 10.9. The first kappa shape index (κ1) is 14.3. The number of hydrogen-bond acceptors (Lipinski definition) is 3. The van der Waals surface area contributed by atoms with Gasteiger partial charge in [0.15, 0.2) is 11.5 Å². The summed E-state index contributed by atoms with van der Waals surface area (Å²) in [6, 6.07) is 4.02. The average Bonchev–Trinajstić information content (AvgIpc) is 2.27. The Morgan fingerprint density at radius 3 is 2.41 bits per heavy atom. The molecule has 1 rings (SSSR count). The van der Waals surface area contributed by atoms with E-state index in [-0.39, 0.29) is 0 Å². The maximum Gasteiger partial charge on any atom is 0.163 e. The van der Waals surface area contributed by atoms with Crippen molar-refractivity contribution in [1.82, 2.24) is 4.90 Å². The van der Waals surface area contributed by atoms with Crippen molar-refractivity contribution in [2.45, 2.75) is 12.8 Å². The van der Waals surface area contributed by atoms with Gasteiger partial charge in [-0.1, -0.05) is 15.9 Å². The molecule has 0 spiro atoms. The van der Waals surface area contributed by atoms with Crippen LogP contribution < -0.4 is 9.47 Å². The molecule has 0 fully saturated rings. The van der Waals surface area contributed by atoms with Crippen LogP contribution in [0.15, 0.2) is 16.6 Å². The maximum atomic E-state index is 5.42. The summed E-state index contributed by atoms with van der Waals surface area (Å²) in [6.07, 6.45) is 2.08. The molecule has 1 aromatic carbocycles. The Morgan fingerprint density at radius 1 is 1.18 bits per heavy atom. The summed E-state index contributed by atoms with van der Waals surface area (Å²) < 4.78 is 11.8. The van der Waals surface area contributed by atoms with E-state index in [1.807, 2.05) is 6.07 Å². The van der Waals surface area contributed by atoms with Crippen molar-refractivity contribution in [3.8, 4) is 11.5 Å². The minimum Gasteiger partial charge on any atom is -0.493 e. The minimum absolute atomic E-state index is 0.779. The van der Waals surface area contributed by atoms with Crippen molar-refractivity contribution in [2.24, 2.45) is 0 Å². The molecule has 3 nitrogen and oxygen atoms in total. The van der Waals surface area contributed by atoms with Gasteiger partial charge in [-0.15, -0.1) is 0 Å². The Kier molecular flexibility index (Phi) is 5.78. The molecule has 0 heterocycles. The lowest BCUT2D eigenvalue weighted by atomic mass is 10.1. The molecular formula is C13H20BrNO2. The maximum absolute atomic E-state index is 5.42. The van der Waals surface area contributed by atoms with E-state index in [0.29, 0.717) is 0 Å². The first-order valence-electron chi connectivity index (χ1n) is 5.63. The van der Waals surface area contributed by atoms with E-state index < -0.39 is 0 Å². The second-order valence-electron chi connectivity index (χ2n) is 4.21. The van der Waals surface area contributed by atoms with Gasteiger partial charge in [-0.2, -0.15) is 0 Å². The lowest BCUT2D eigenvalue weighted by Crippen LogP contribution is -2.13. The summed E-state index contributed by atoms with van der Waals surface area (Å²) in [5.74, 6) is 1.62. The van der Waals surface area contributed by atoms with Crippen molar-refractivity contribution in [3.05, 3.63) is 22.2 Å². The summed E-state index contributed by atoms with van der Waals surface area (Å²) in [4.78, 5) is 2.18. The van der Waals surface area contributed by atoms with Crippen LogP contribution in [0.25, 0.3) is 0 Å². The molecule has 0 saturated carbocycles. The van der Waals surface area contributed by atoms with E-state index >= 15 is 0 Å². The molecule has 0 radical (unpaired) electrons. The normalized spacial score (nSPS) is 10.7. The first-order chi connectivity index (χ1) is 8.08. The largest absolute Gasteiger partial charge is 0.493 e. The highest BCUT2D eigenvalue weighted by atomic mass is 79.9. The van der Waals surface area contributed by atoms with Crippen molar-refractivity contribution in [3.63, 3.8) is 0 Å². The second kappa shape index (κ2) is 6.87. The van der Waals surface area contributed by atoms with Crippen LogP contribution in [-0.2, 0) is 6.42 Å². The highest BCUT2D eigenvalue weighted by Gasteiger charge is 2.11. The topological polar surface area (TPSA) is 21.7 Å². The lowest BCUT2D eigenvalue weighted by molar-refractivity contribution is 0.349. The molecule has 0 aromatic heterocycles. The van der Waals surface area contributed by atoms with Crippen LogP contribution in [-0.4, -0.2) is 39.8 Å². The van der Waals surface area contributed by atoms with E-state index in [2.05, 4.69) is 41.0 Å². The van der Waals surface area contributed by atoms with Gasteiger partial charge in [0.1, 0.15) is 0 Å². The van der Waals surface area contributed by atoms with E-state index in [1.54, 1.807) is 14.2 Å². The highest BCUT2D eigenvalue weighted by molar-refractivity contribution is 9.10. The number of halogens is 1. The molecule has 0 N–H and O–H groups in total. The van der Waals surface area contributed by atoms with E-state index in [4.69, 9.17) is 9.47 Å². The van der Waals surface area contributed by atoms with Gasteiger partial charge in [-0.05, 0) is 51.2 Å². The van der Waals surface area contributed by atoms with Crippen molar-refractivity contribution in [1.29, 1.82) is 0 Å². The number of nitrogens with zero attached hydrogens (tertiary/aromatic N) is 1. The summed E-state index contributed by atoms with van der Waals surface area (Å²) in [5.41, 5.74) is 1.18. The predicted octanol–water partition coefficient (Wildman–Crippen LogP) is 2.96. The molecule has 0 bridgehead atoms. The number of hydrogen-bond donors (Lipinski definition) is 0. The predicted molar refractivity (Wildman–Crippen MR) is 74.1 cm³/mol. The molecule has 4 heteroatoms. The fourth-order valence-corrected chi connectivity index (χ4v) is 2.26. The van der Waals surface area contributed by atoms with Gasteiger partial charge >= 0.3 is 0 Å². The molecule has 0 atom stereocenters. The third-order valence-electron chi connectivity index (χ3n) is 2.57. The molecule has 0 saturated heterocycles. The Hall–Kier alpha value is -0.740. The van der Waals surface area contributed by atoms with E-state index in [1.165, 1.54) is 5.56 Å². The van der Waals surface area contributed by atoms with Crippen LogP contribution in [0.2, 0.25) is 0 Å². The number of aryl methyl sites for hydroxylation is 1. The van der Waals surface area contributed by atoms with Crippen LogP contribution in [0, 0.1) is 0 Å². The fraction of sp³-hybridized carbons (Fsp3) is 0.538. The standard InChI is InChI=1S/C13H20BrNO2/c1-15(2)7-5-6-10-8-11(14)9-12(16-3)13(10)17-4/h8-9H,5-7H2,1-4H3. The number of benzene rings is 1. The minimum atomic E-state index is 0.779. The van der Waals surface area contributed by atoms with Gasteiger partial charge in [0.25, 0.3) is 0 Å². The summed E-state index contributed by atoms with van der Waals surface area (Å²) >= 11 is 3.49. The summed E-state index contributed by atoms with van der Waals surface area (Å²) in [7, 11) is 7.51. The van der Waals surface area contributed by atoms with Gasteiger partial charge in [0, 0.05) is 4.47 Å². The van der Waals surface area contributed by atoms with Crippen molar-refractivity contribution >= 4 is 15.9 Å². The van der Waals surface area contributed by atoms with Gasteiger partial charge < -0.3 is 14.4 Å². The molecular weight excluding hydrogens is 282 g/mol. The smallest absolute Gasteiger partial charge is 0.163 e. The number of methoxy groups -OCH3 is 2. The number of ether oxygens (including phenoxy) is 2. The van der Waals surface area contributed by atoms with E-state index in [0.717, 1.165) is 35.4 Å². The molecule has 0 amide bonds. The van der Waals surface area contributed by atoms with Crippen molar-refractivity contribution in [2.75, 3.05) is 34.9 Å². The average molecular weight is 302 g/mol. The molecule has 0 unspecified atom stereocenters. The second-order valence-corrected chi connectivity index (χ2v) is 5.12. The SMILES string of the molecule is COc1cc(Br)cc(CCCN(C)C)c1OC. The Balaban J connectivity index is 2.85. The Morgan fingerprint density at radius 2 is 1.88 bits per heavy atom. The third kappa shape index (κ3) is 4.21. The molecule has 0 aliphatic heterocycles. The fourth-order valence-electron chi connectivity index (χ4n) is 1.78. The highest BCUT2D eigenvalue weighted by Crippen LogP contribution is 2.35. The first-order valence-corrected chi connectivity index (χ1v) is 6.43. The van der Waals surface area contributed by atoms with Crippen LogP contribution >= 0.6 is 15.9 Å². The van der Waals surface area contributed by atoms with Gasteiger partial charge in [0.05, 0.1) is 14.2 Å². The summed E-state index contributed by atoms with van der Waals surface area (Å²) in [5, 5.41) is 0. The summed E-state index contributed by atoms with van der Waals surface area (Å²) in [6.45, 7) is 1.07. The molecule has 17 heavy (non-hydrogen) atoms. The van der Waals surface area contributed by atoms with Crippen LogP contribution in [0.4, 0.5) is 0 Å². The lowest BCUT2D eigenvalue weighted by Gasteiger charge is -2.14. The molecule has 1 aromatic rings. The number of rotatable bonds is 6. The van der Waals surface area contributed by atoms with Gasteiger partial charge in [-0.25, -0.2) is 0 Å². The van der Waals surface area contributed by atoms with Crippen LogP contribution in [0.1, 0.15) is 12.0 Å². The molecule has 0 aliphatic carbocycles. The molecule has 96 valence electrons. The van der Waals surface area contributed by atoms with Crippen LogP contribution in [0.3, 0.4) is 0 Å². The van der Waals surface area contributed by atoms with E-state index in [9.17, 15) is 0 Å². The zero-order chi connectivity index (χ0) is 12.8. The van der Waals surface area contributed by atoms with Crippen molar-refractivity contribution < 1.29 is 9.47 Å². The van der Waals surface area contributed by atoms with Gasteiger partial charge in [0.2, 0.25) is 0 Å². The Labute approximate surface area is 112 Å². The zero-order valence-corrected chi connectivity index (χ0v) is 12.5. The third-order valence-corrected chi connectivity index (χ3v) is 3.03. The quantitative estimate of drug-likeness (QED) is 0.806. The van der Waals surface area contributed by atoms with Gasteiger partial charge in [-0.3, -0.25) is 0 Å². The monoisotopic (exact) mass is 301 g/mol. The Bertz CT molecular complexity index is 367. The molecule has 0 aliphatic rings.